The van der Waals surface area contributed by atoms with E-state index in [0.717, 1.165) is 32.2 Å². The summed E-state index contributed by atoms with van der Waals surface area (Å²) >= 11 is 0. The van der Waals surface area contributed by atoms with Gasteiger partial charge in [0.1, 0.15) is 0 Å². The second-order valence-corrected chi connectivity index (χ2v) is 5.68. The molecule has 2 N–H and O–H groups in total. The Morgan fingerprint density at radius 1 is 1.35 bits per heavy atom. The van der Waals surface area contributed by atoms with E-state index in [1.54, 1.807) is 0 Å². The van der Waals surface area contributed by atoms with Crippen LogP contribution >= 0.6 is 0 Å². The molecule has 0 aromatic rings. The zero-order valence-corrected chi connectivity index (χ0v) is 11.6. The van der Waals surface area contributed by atoms with Crippen LogP contribution in [-0.4, -0.2) is 29.4 Å². The van der Waals surface area contributed by atoms with Gasteiger partial charge >= 0.3 is 0 Å². The monoisotopic (exact) mass is 240 g/mol. The van der Waals surface area contributed by atoms with Crippen LogP contribution in [0.5, 0.6) is 0 Å². The first-order valence-electron chi connectivity index (χ1n) is 7.12. The molecule has 1 aliphatic rings. The molecule has 1 rings (SSSR count). The van der Waals surface area contributed by atoms with Crippen LogP contribution in [0.25, 0.3) is 0 Å². The van der Waals surface area contributed by atoms with Crippen LogP contribution in [0.4, 0.5) is 0 Å². The SMILES string of the molecule is CCC1CCCCCN1C(=O)C(N)CC(C)C. The van der Waals surface area contributed by atoms with E-state index >= 15 is 0 Å². The highest BCUT2D eigenvalue weighted by molar-refractivity contribution is 5.82. The molecule has 17 heavy (non-hydrogen) atoms. The fraction of sp³-hybridized carbons (Fsp3) is 0.929. The van der Waals surface area contributed by atoms with Crippen molar-refractivity contribution in [1.82, 2.24) is 4.90 Å². The molecular formula is C14H28N2O. The maximum absolute atomic E-state index is 12.4. The molecule has 0 radical (unpaired) electrons. The van der Waals surface area contributed by atoms with Gasteiger partial charge in [-0.15, -0.1) is 0 Å². The van der Waals surface area contributed by atoms with E-state index in [0.29, 0.717) is 12.0 Å². The van der Waals surface area contributed by atoms with Crippen molar-refractivity contribution in [3.05, 3.63) is 0 Å². The van der Waals surface area contributed by atoms with Gasteiger partial charge in [0.05, 0.1) is 6.04 Å². The highest BCUT2D eigenvalue weighted by Crippen LogP contribution is 2.20. The summed E-state index contributed by atoms with van der Waals surface area (Å²) in [5, 5.41) is 0. The number of hydrogen-bond acceptors (Lipinski definition) is 2. The van der Waals surface area contributed by atoms with E-state index in [2.05, 4.69) is 25.7 Å². The normalized spacial score (nSPS) is 23.6. The van der Waals surface area contributed by atoms with E-state index in [1.807, 2.05) is 0 Å². The fourth-order valence-corrected chi connectivity index (χ4v) is 2.71. The molecule has 0 spiro atoms. The van der Waals surface area contributed by atoms with Gasteiger partial charge in [-0.3, -0.25) is 4.79 Å². The summed E-state index contributed by atoms with van der Waals surface area (Å²) in [5.41, 5.74) is 6.03. The number of nitrogens with zero attached hydrogens (tertiary/aromatic N) is 1. The van der Waals surface area contributed by atoms with Crippen LogP contribution in [0.2, 0.25) is 0 Å². The molecule has 1 amide bonds. The number of rotatable bonds is 4. The number of amides is 1. The van der Waals surface area contributed by atoms with Crippen LogP contribution in [0.1, 0.15) is 59.3 Å². The minimum atomic E-state index is -0.304. The van der Waals surface area contributed by atoms with Gasteiger partial charge in [0.25, 0.3) is 0 Å². The van der Waals surface area contributed by atoms with Crippen LogP contribution in [-0.2, 0) is 4.79 Å². The van der Waals surface area contributed by atoms with Gasteiger partial charge in [0.2, 0.25) is 5.91 Å². The number of carbonyl (C=O) groups is 1. The molecule has 0 aromatic heterocycles. The Labute approximate surface area is 106 Å². The molecule has 0 saturated carbocycles. The molecular weight excluding hydrogens is 212 g/mol. The summed E-state index contributed by atoms with van der Waals surface area (Å²) in [4.78, 5) is 14.4. The highest BCUT2D eigenvalue weighted by atomic mass is 16.2. The third kappa shape index (κ3) is 4.30. The standard InChI is InChI=1S/C14H28N2O/c1-4-12-8-6-5-7-9-16(12)14(17)13(15)10-11(2)3/h11-13H,4-10,15H2,1-3H3. The summed E-state index contributed by atoms with van der Waals surface area (Å²) in [6.07, 6.45) is 6.64. The van der Waals surface area contributed by atoms with E-state index in [-0.39, 0.29) is 11.9 Å². The molecule has 0 bridgehead atoms. The van der Waals surface area contributed by atoms with E-state index in [9.17, 15) is 4.79 Å². The third-order valence-electron chi connectivity index (χ3n) is 3.67. The smallest absolute Gasteiger partial charge is 0.239 e. The average molecular weight is 240 g/mol. The Kier molecular flexibility index (Phi) is 5.96. The minimum Gasteiger partial charge on any atom is -0.338 e. The maximum Gasteiger partial charge on any atom is 0.239 e. The topological polar surface area (TPSA) is 46.3 Å². The lowest BCUT2D eigenvalue weighted by Gasteiger charge is -2.32. The Morgan fingerprint density at radius 2 is 2.06 bits per heavy atom. The maximum atomic E-state index is 12.4. The quantitative estimate of drug-likeness (QED) is 0.821. The molecule has 1 saturated heterocycles. The first-order valence-corrected chi connectivity index (χ1v) is 7.12. The number of likely N-dealkylation sites (tertiary alicyclic amines) is 1. The second kappa shape index (κ2) is 7.00. The first-order chi connectivity index (χ1) is 8.06. The number of hydrogen-bond donors (Lipinski definition) is 1. The van der Waals surface area contributed by atoms with E-state index in [4.69, 9.17) is 5.73 Å². The fourth-order valence-electron chi connectivity index (χ4n) is 2.71. The summed E-state index contributed by atoms with van der Waals surface area (Å²) in [5.74, 6) is 0.661. The molecule has 3 nitrogen and oxygen atoms in total. The molecule has 2 atom stereocenters. The van der Waals surface area contributed by atoms with Crippen molar-refractivity contribution in [3.8, 4) is 0 Å². The Morgan fingerprint density at radius 3 is 2.65 bits per heavy atom. The Hall–Kier alpha value is -0.570. The zero-order valence-electron chi connectivity index (χ0n) is 11.6. The zero-order chi connectivity index (χ0) is 12.8. The highest BCUT2D eigenvalue weighted by Gasteiger charge is 2.27. The van der Waals surface area contributed by atoms with Gasteiger partial charge in [0, 0.05) is 12.6 Å². The van der Waals surface area contributed by atoms with Crippen LogP contribution < -0.4 is 5.73 Å². The lowest BCUT2D eigenvalue weighted by atomic mass is 10.0. The molecule has 2 unspecified atom stereocenters. The Balaban J connectivity index is 2.63. The second-order valence-electron chi connectivity index (χ2n) is 5.68. The predicted molar refractivity (Wildman–Crippen MR) is 71.7 cm³/mol. The van der Waals surface area contributed by atoms with Crippen molar-refractivity contribution in [1.29, 1.82) is 0 Å². The summed E-state index contributed by atoms with van der Waals surface area (Å²) in [7, 11) is 0. The molecule has 1 fully saturated rings. The predicted octanol–water partition coefficient (Wildman–Crippen LogP) is 2.54. The van der Waals surface area contributed by atoms with Crippen LogP contribution in [0, 0.1) is 5.92 Å². The van der Waals surface area contributed by atoms with E-state index in [1.165, 1.54) is 12.8 Å². The van der Waals surface area contributed by atoms with Gasteiger partial charge in [-0.1, -0.05) is 33.6 Å². The van der Waals surface area contributed by atoms with Crippen molar-refractivity contribution in [2.75, 3.05) is 6.54 Å². The minimum absolute atomic E-state index is 0.174. The summed E-state index contributed by atoms with van der Waals surface area (Å²) < 4.78 is 0. The van der Waals surface area contributed by atoms with Crippen molar-refractivity contribution >= 4 is 5.91 Å². The van der Waals surface area contributed by atoms with Crippen LogP contribution in [0.3, 0.4) is 0 Å². The van der Waals surface area contributed by atoms with Crippen LogP contribution in [0.15, 0.2) is 0 Å². The molecule has 1 aliphatic heterocycles. The van der Waals surface area contributed by atoms with Crippen molar-refractivity contribution in [2.24, 2.45) is 11.7 Å². The van der Waals surface area contributed by atoms with Gasteiger partial charge in [-0.05, 0) is 31.6 Å². The summed E-state index contributed by atoms with van der Waals surface area (Å²) in [6.45, 7) is 7.31. The van der Waals surface area contributed by atoms with Crippen molar-refractivity contribution < 1.29 is 4.79 Å². The average Bonchev–Trinajstić information content (AvgIpc) is 2.51. The molecule has 100 valence electrons. The van der Waals surface area contributed by atoms with Crippen molar-refractivity contribution in [3.63, 3.8) is 0 Å². The molecule has 0 aromatic carbocycles. The Bertz CT molecular complexity index is 240. The van der Waals surface area contributed by atoms with Crippen molar-refractivity contribution in [2.45, 2.75) is 71.4 Å². The molecule has 3 heteroatoms. The number of nitrogens with two attached hydrogens (primary N) is 1. The first kappa shape index (κ1) is 14.5. The number of carbonyl (C=O) groups excluding carboxylic acids is 1. The summed E-state index contributed by atoms with van der Waals surface area (Å²) in [6, 6.07) is 0.116. The van der Waals surface area contributed by atoms with E-state index < -0.39 is 0 Å². The molecule has 1 heterocycles. The van der Waals surface area contributed by atoms with Gasteiger partial charge in [-0.2, -0.15) is 0 Å². The van der Waals surface area contributed by atoms with Gasteiger partial charge in [0.15, 0.2) is 0 Å². The molecule has 0 aliphatic carbocycles. The lowest BCUT2D eigenvalue weighted by Crippen LogP contribution is -2.48. The van der Waals surface area contributed by atoms with Gasteiger partial charge in [-0.25, -0.2) is 0 Å². The third-order valence-corrected chi connectivity index (χ3v) is 3.67. The lowest BCUT2D eigenvalue weighted by molar-refractivity contribution is -0.135. The van der Waals surface area contributed by atoms with Gasteiger partial charge < -0.3 is 10.6 Å². The largest absolute Gasteiger partial charge is 0.338 e.